The number of aliphatic hydroxyl groups excluding tert-OH is 1. The van der Waals surface area contributed by atoms with Crippen molar-refractivity contribution in [2.75, 3.05) is 0 Å². The highest BCUT2D eigenvalue weighted by Crippen LogP contribution is 2.43. The molecule has 6 heteroatoms. The third-order valence-electron chi connectivity index (χ3n) is 3.59. The molecule has 1 N–H and O–H groups in total. The van der Waals surface area contributed by atoms with E-state index in [0.29, 0.717) is 4.60 Å². The van der Waals surface area contributed by atoms with Gasteiger partial charge in [-0.15, -0.1) is 16.4 Å². The van der Waals surface area contributed by atoms with E-state index < -0.39 is 6.10 Å². The van der Waals surface area contributed by atoms with Crippen LogP contribution in [0.1, 0.15) is 41.0 Å². The van der Waals surface area contributed by atoms with Gasteiger partial charge in [-0.2, -0.15) is 0 Å². The molecule has 2 aromatic heterocycles. The standard InChI is InChI=1S/C12H14BrN3OS/c1-16-10(12(13)14-15-16)11(17)8-3-2-4-9-7(8)5-6-18-9/h5-6,8,11,17H,2-4H2,1H3. The topological polar surface area (TPSA) is 50.9 Å². The van der Waals surface area contributed by atoms with Gasteiger partial charge in [-0.05, 0) is 52.2 Å². The average Bonchev–Trinajstić information content (AvgIpc) is 2.95. The Morgan fingerprint density at radius 2 is 2.44 bits per heavy atom. The van der Waals surface area contributed by atoms with Crippen LogP contribution in [0.3, 0.4) is 0 Å². The summed E-state index contributed by atoms with van der Waals surface area (Å²) < 4.78 is 2.29. The SMILES string of the molecule is Cn1nnc(Br)c1C(O)C1CCCc2sccc21. The van der Waals surface area contributed by atoms with E-state index >= 15 is 0 Å². The van der Waals surface area contributed by atoms with Gasteiger partial charge in [-0.1, -0.05) is 5.21 Å². The Hall–Kier alpha value is -0.720. The number of hydrogen-bond donors (Lipinski definition) is 1. The molecule has 2 heterocycles. The van der Waals surface area contributed by atoms with E-state index in [0.717, 1.165) is 25.0 Å². The number of hydrogen-bond acceptors (Lipinski definition) is 4. The molecule has 0 fully saturated rings. The van der Waals surface area contributed by atoms with Crippen molar-refractivity contribution in [3.05, 3.63) is 32.2 Å². The highest BCUT2D eigenvalue weighted by Gasteiger charge is 2.31. The van der Waals surface area contributed by atoms with Gasteiger partial charge >= 0.3 is 0 Å². The number of thiophene rings is 1. The zero-order valence-electron chi connectivity index (χ0n) is 10.0. The van der Waals surface area contributed by atoms with Crippen LogP contribution < -0.4 is 0 Å². The molecular weight excluding hydrogens is 314 g/mol. The summed E-state index contributed by atoms with van der Waals surface area (Å²) >= 11 is 5.15. The number of aromatic nitrogens is 3. The molecule has 0 aliphatic heterocycles. The summed E-state index contributed by atoms with van der Waals surface area (Å²) in [5.74, 6) is 0.161. The fourth-order valence-electron chi connectivity index (χ4n) is 2.69. The minimum absolute atomic E-state index is 0.161. The predicted octanol–water partition coefficient (Wildman–Crippen LogP) is 2.79. The van der Waals surface area contributed by atoms with Gasteiger partial charge in [-0.25, -0.2) is 4.68 Å². The Kier molecular flexibility index (Phi) is 3.25. The number of halogens is 1. The number of aryl methyl sites for hydroxylation is 2. The highest BCUT2D eigenvalue weighted by atomic mass is 79.9. The Bertz CT molecular complexity index is 546. The average molecular weight is 328 g/mol. The third-order valence-corrected chi connectivity index (χ3v) is 5.15. The van der Waals surface area contributed by atoms with E-state index in [1.807, 2.05) is 7.05 Å². The first-order valence-electron chi connectivity index (χ1n) is 5.98. The van der Waals surface area contributed by atoms with Crippen molar-refractivity contribution in [3.63, 3.8) is 0 Å². The van der Waals surface area contributed by atoms with Gasteiger partial charge in [0.05, 0.1) is 0 Å². The first kappa shape index (κ1) is 12.3. The molecule has 2 aromatic rings. The smallest absolute Gasteiger partial charge is 0.154 e. The quantitative estimate of drug-likeness (QED) is 0.922. The molecule has 3 rings (SSSR count). The van der Waals surface area contributed by atoms with Gasteiger partial charge in [0.1, 0.15) is 11.8 Å². The molecule has 0 saturated heterocycles. The van der Waals surface area contributed by atoms with Crippen LogP contribution >= 0.6 is 27.3 Å². The molecule has 0 amide bonds. The summed E-state index contributed by atoms with van der Waals surface area (Å²) in [6, 6.07) is 2.14. The lowest BCUT2D eigenvalue weighted by Gasteiger charge is -2.27. The second-order valence-electron chi connectivity index (χ2n) is 4.63. The van der Waals surface area contributed by atoms with Crippen LogP contribution in [0.5, 0.6) is 0 Å². The number of fused-ring (bicyclic) bond motifs is 1. The van der Waals surface area contributed by atoms with Gasteiger partial charge < -0.3 is 5.11 Å². The summed E-state index contributed by atoms with van der Waals surface area (Å²) in [7, 11) is 1.81. The first-order chi connectivity index (χ1) is 8.68. The van der Waals surface area contributed by atoms with E-state index in [1.54, 1.807) is 16.0 Å². The van der Waals surface area contributed by atoms with Crippen molar-refractivity contribution in [1.82, 2.24) is 15.0 Å². The summed E-state index contributed by atoms with van der Waals surface area (Å²) in [5, 5.41) is 20.6. The van der Waals surface area contributed by atoms with Crippen LogP contribution in [0.4, 0.5) is 0 Å². The molecule has 1 aliphatic rings. The molecule has 0 bridgehead atoms. The Labute approximate surface area is 118 Å². The largest absolute Gasteiger partial charge is 0.386 e. The molecule has 1 aliphatic carbocycles. The van der Waals surface area contributed by atoms with E-state index in [2.05, 4.69) is 37.7 Å². The van der Waals surface area contributed by atoms with Crippen LogP contribution in [-0.4, -0.2) is 20.1 Å². The summed E-state index contributed by atoms with van der Waals surface area (Å²) in [6.45, 7) is 0. The lowest BCUT2D eigenvalue weighted by atomic mass is 9.83. The van der Waals surface area contributed by atoms with Gasteiger partial charge in [0.2, 0.25) is 0 Å². The van der Waals surface area contributed by atoms with Crippen molar-refractivity contribution >= 4 is 27.3 Å². The highest BCUT2D eigenvalue weighted by molar-refractivity contribution is 9.10. The fraction of sp³-hybridized carbons (Fsp3) is 0.500. The van der Waals surface area contributed by atoms with Gasteiger partial charge in [0.15, 0.2) is 4.60 Å². The minimum Gasteiger partial charge on any atom is -0.386 e. The lowest BCUT2D eigenvalue weighted by Crippen LogP contribution is -2.18. The zero-order valence-corrected chi connectivity index (χ0v) is 12.4. The van der Waals surface area contributed by atoms with E-state index in [9.17, 15) is 5.11 Å². The summed E-state index contributed by atoms with van der Waals surface area (Å²) in [6.07, 6.45) is 2.75. The first-order valence-corrected chi connectivity index (χ1v) is 7.65. The molecule has 96 valence electrons. The van der Waals surface area contributed by atoms with Crippen LogP contribution in [0.25, 0.3) is 0 Å². The van der Waals surface area contributed by atoms with Crippen molar-refractivity contribution in [3.8, 4) is 0 Å². The van der Waals surface area contributed by atoms with Crippen molar-refractivity contribution in [2.45, 2.75) is 31.3 Å². The molecule has 2 unspecified atom stereocenters. The minimum atomic E-state index is -0.548. The van der Waals surface area contributed by atoms with Crippen LogP contribution in [-0.2, 0) is 13.5 Å². The van der Waals surface area contributed by atoms with Crippen molar-refractivity contribution in [2.24, 2.45) is 7.05 Å². The Morgan fingerprint density at radius 1 is 1.61 bits per heavy atom. The molecule has 2 atom stereocenters. The molecular formula is C12H14BrN3OS. The van der Waals surface area contributed by atoms with Gasteiger partial charge in [-0.3, -0.25) is 0 Å². The number of nitrogens with zero attached hydrogens (tertiary/aromatic N) is 3. The van der Waals surface area contributed by atoms with Gasteiger partial charge in [0, 0.05) is 17.8 Å². The summed E-state index contributed by atoms with van der Waals surface area (Å²) in [4.78, 5) is 1.41. The maximum atomic E-state index is 10.6. The molecule has 4 nitrogen and oxygen atoms in total. The van der Waals surface area contributed by atoms with Crippen molar-refractivity contribution in [1.29, 1.82) is 0 Å². The monoisotopic (exact) mass is 327 g/mol. The van der Waals surface area contributed by atoms with Crippen molar-refractivity contribution < 1.29 is 5.11 Å². The van der Waals surface area contributed by atoms with E-state index in [-0.39, 0.29) is 5.92 Å². The summed E-state index contributed by atoms with van der Waals surface area (Å²) in [5.41, 5.74) is 2.06. The van der Waals surface area contributed by atoms with Gasteiger partial charge in [0.25, 0.3) is 0 Å². The zero-order chi connectivity index (χ0) is 12.7. The predicted molar refractivity (Wildman–Crippen MR) is 73.7 cm³/mol. The molecule has 0 saturated carbocycles. The Balaban J connectivity index is 1.98. The van der Waals surface area contributed by atoms with Crippen LogP contribution in [0.15, 0.2) is 16.0 Å². The second kappa shape index (κ2) is 4.75. The maximum absolute atomic E-state index is 10.6. The molecule has 18 heavy (non-hydrogen) atoms. The fourth-order valence-corrected chi connectivity index (χ4v) is 4.25. The van der Waals surface area contributed by atoms with Crippen LogP contribution in [0.2, 0.25) is 0 Å². The van der Waals surface area contributed by atoms with Crippen LogP contribution in [0, 0.1) is 0 Å². The number of rotatable bonds is 2. The van der Waals surface area contributed by atoms with E-state index in [4.69, 9.17) is 0 Å². The maximum Gasteiger partial charge on any atom is 0.154 e. The Morgan fingerprint density at radius 3 is 3.17 bits per heavy atom. The normalized spacial score (nSPS) is 20.7. The number of aliphatic hydroxyl groups is 1. The third kappa shape index (κ3) is 1.92. The van der Waals surface area contributed by atoms with E-state index in [1.165, 1.54) is 10.4 Å². The lowest BCUT2D eigenvalue weighted by molar-refractivity contribution is 0.127. The molecule has 0 spiro atoms. The molecule has 0 radical (unpaired) electrons. The second-order valence-corrected chi connectivity index (χ2v) is 6.38. The molecule has 0 aromatic carbocycles.